The van der Waals surface area contributed by atoms with Gasteiger partial charge in [-0.3, -0.25) is 0 Å². The Hall–Kier alpha value is -2.56. The van der Waals surface area contributed by atoms with Crippen LogP contribution in [0.4, 0.5) is 14.9 Å². The van der Waals surface area contributed by atoms with Crippen LogP contribution < -0.4 is 10.1 Å². The number of rotatable bonds is 4. The monoisotopic (exact) mass is 342 g/mol. The van der Waals surface area contributed by atoms with Gasteiger partial charge in [0.1, 0.15) is 11.6 Å². The summed E-state index contributed by atoms with van der Waals surface area (Å²) in [5.74, 6) is 1.09. The molecule has 1 aliphatic heterocycles. The number of benzene rings is 2. The molecule has 25 heavy (non-hydrogen) atoms. The molecule has 1 fully saturated rings. The van der Waals surface area contributed by atoms with Crippen molar-refractivity contribution in [3.8, 4) is 5.75 Å². The summed E-state index contributed by atoms with van der Waals surface area (Å²) < 4.78 is 18.4. The van der Waals surface area contributed by atoms with Crippen molar-refractivity contribution in [3.63, 3.8) is 0 Å². The van der Waals surface area contributed by atoms with Gasteiger partial charge in [0.05, 0.1) is 7.11 Å². The van der Waals surface area contributed by atoms with Crippen molar-refractivity contribution in [2.24, 2.45) is 5.92 Å². The minimum absolute atomic E-state index is 0.159. The zero-order valence-corrected chi connectivity index (χ0v) is 14.4. The zero-order valence-electron chi connectivity index (χ0n) is 14.4. The normalized spacial score (nSPS) is 15.0. The number of piperidine rings is 1. The van der Waals surface area contributed by atoms with E-state index in [0.29, 0.717) is 11.6 Å². The second-order valence-corrected chi connectivity index (χ2v) is 6.42. The molecule has 2 amide bonds. The van der Waals surface area contributed by atoms with Crippen LogP contribution in [0.25, 0.3) is 0 Å². The number of carbonyl (C=O) groups is 1. The molecule has 0 unspecified atom stereocenters. The van der Waals surface area contributed by atoms with Crippen LogP contribution in [0.5, 0.6) is 5.75 Å². The summed E-state index contributed by atoms with van der Waals surface area (Å²) in [4.78, 5) is 14.1. The molecule has 3 rings (SSSR count). The van der Waals surface area contributed by atoms with Gasteiger partial charge in [-0.2, -0.15) is 0 Å². The van der Waals surface area contributed by atoms with Gasteiger partial charge in [-0.05, 0) is 61.1 Å². The lowest BCUT2D eigenvalue weighted by molar-refractivity contribution is 0.182. The molecule has 4 nitrogen and oxygen atoms in total. The Kier molecular flexibility index (Phi) is 5.53. The summed E-state index contributed by atoms with van der Waals surface area (Å²) in [7, 11) is 1.67. The van der Waals surface area contributed by atoms with Crippen molar-refractivity contribution in [1.82, 2.24) is 4.90 Å². The van der Waals surface area contributed by atoms with E-state index in [-0.39, 0.29) is 11.8 Å². The molecule has 1 saturated heterocycles. The first-order valence-corrected chi connectivity index (χ1v) is 8.58. The van der Waals surface area contributed by atoms with Gasteiger partial charge in [-0.1, -0.05) is 18.2 Å². The van der Waals surface area contributed by atoms with E-state index in [1.54, 1.807) is 24.1 Å². The first kappa shape index (κ1) is 17.3. The second-order valence-electron chi connectivity index (χ2n) is 6.42. The van der Waals surface area contributed by atoms with Gasteiger partial charge in [0.25, 0.3) is 0 Å². The third-order valence-electron chi connectivity index (χ3n) is 4.66. The van der Waals surface area contributed by atoms with E-state index in [0.717, 1.165) is 38.1 Å². The number of nitrogens with one attached hydrogen (secondary N) is 1. The molecule has 1 N–H and O–H groups in total. The average molecular weight is 342 g/mol. The van der Waals surface area contributed by atoms with Crippen molar-refractivity contribution < 1.29 is 13.9 Å². The maximum Gasteiger partial charge on any atom is 0.321 e. The third-order valence-corrected chi connectivity index (χ3v) is 4.66. The Morgan fingerprint density at radius 2 is 1.92 bits per heavy atom. The quantitative estimate of drug-likeness (QED) is 0.899. The summed E-state index contributed by atoms with van der Waals surface area (Å²) in [5, 5.41) is 2.76. The van der Waals surface area contributed by atoms with E-state index in [1.165, 1.54) is 17.7 Å². The molecule has 2 aromatic carbocycles. The van der Waals surface area contributed by atoms with Crippen LogP contribution in [0, 0.1) is 11.7 Å². The first-order chi connectivity index (χ1) is 12.1. The molecule has 0 radical (unpaired) electrons. The summed E-state index contributed by atoms with van der Waals surface area (Å²) in [5.41, 5.74) is 1.79. The van der Waals surface area contributed by atoms with Gasteiger partial charge in [0.15, 0.2) is 0 Å². The molecule has 1 aliphatic rings. The van der Waals surface area contributed by atoms with Crippen LogP contribution in [0.2, 0.25) is 0 Å². The number of methoxy groups -OCH3 is 1. The number of amides is 2. The van der Waals surface area contributed by atoms with Crippen LogP contribution >= 0.6 is 0 Å². The number of anilines is 1. The van der Waals surface area contributed by atoms with Gasteiger partial charge in [0, 0.05) is 18.8 Å². The van der Waals surface area contributed by atoms with Gasteiger partial charge < -0.3 is 15.0 Å². The third kappa shape index (κ3) is 4.72. The fourth-order valence-electron chi connectivity index (χ4n) is 3.20. The van der Waals surface area contributed by atoms with Gasteiger partial charge in [-0.15, -0.1) is 0 Å². The van der Waals surface area contributed by atoms with Crippen LogP contribution in [0.15, 0.2) is 48.5 Å². The smallest absolute Gasteiger partial charge is 0.321 e. The predicted molar refractivity (Wildman–Crippen MR) is 96.4 cm³/mol. The summed E-state index contributed by atoms with van der Waals surface area (Å²) in [6.45, 7) is 1.45. The molecule has 2 aromatic rings. The molecular weight excluding hydrogens is 319 g/mol. The fraction of sp³-hybridized carbons (Fsp3) is 0.350. The Morgan fingerprint density at radius 3 is 2.56 bits per heavy atom. The van der Waals surface area contributed by atoms with E-state index in [9.17, 15) is 9.18 Å². The van der Waals surface area contributed by atoms with Crippen LogP contribution in [-0.4, -0.2) is 31.1 Å². The van der Waals surface area contributed by atoms with Crippen molar-refractivity contribution in [1.29, 1.82) is 0 Å². The van der Waals surface area contributed by atoms with Crippen LogP contribution in [-0.2, 0) is 6.42 Å². The number of carbonyl (C=O) groups excluding carboxylic acids is 1. The Labute approximate surface area is 147 Å². The van der Waals surface area contributed by atoms with Crippen LogP contribution in [0.3, 0.4) is 0 Å². The summed E-state index contributed by atoms with van der Waals surface area (Å²) in [6.07, 6.45) is 2.97. The number of ether oxygens (including phenoxy) is 1. The van der Waals surface area contributed by atoms with E-state index < -0.39 is 0 Å². The molecule has 1 heterocycles. The predicted octanol–water partition coefficient (Wildman–Crippen LogP) is 4.32. The Balaban J connectivity index is 1.48. The zero-order chi connectivity index (χ0) is 17.6. The lowest BCUT2D eigenvalue weighted by Gasteiger charge is -2.32. The molecule has 0 aliphatic carbocycles. The second kappa shape index (κ2) is 8.01. The number of halogens is 1. The van der Waals surface area contributed by atoms with Crippen molar-refractivity contribution in [3.05, 3.63) is 59.9 Å². The Bertz CT molecular complexity index is 710. The topological polar surface area (TPSA) is 41.6 Å². The molecule has 0 spiro atoms. The molecule has 0 atom stereocenters. The number of hydrogen-bond donors (Lipinski definition) is 1. The standard InChI is InChI=1S/C20H23FN2O2/c1-25-19-7-5-15(6-8-19)13-16-9-11-23(12-10-16)20(24)22-18-4-2-3-17(21)14-18/h2-8,14,16H,9-13H2,1H3,(H,22,24). The highest BCUT2D eigenvalue weighted by atomic mass is 19.1. The largest absolute Gasteiger partial charge is 0.497 e. The minimum atomic E-state index is -0.351. The van der Waals surface area contributed by atoms with Gasteiger partial charge in [-0.25, -0.2) is 9.18 Å². The van der Waals surface area contributed by atoms with Gasteiger partial charge >= 0.3 is 6.03 Å². The van der Waals surface area contributed by atoms with E-state index in [4.69, 9.17) is 4.74 Å². The lowest BCUT2D eigenvalue weighted by atomic mass is 9.90. The maximum absolute atomic E-state index is 13.2. The van der Waals surface area contributed by atoms with E-state index >= 15 is 0 Å². The molecule has 0 saturated carbocycles. The fourth-order valence-corrected chi connectivity index (χ4v) is 3.20. The van der Waals surface area contributed by atoms with Crippen molar-refractivity contribution >= 4 is 11.7 Å². The van der Waals surface area contributed by atoms with Crippen molar-refractivity contribution in [2.45, 2.75) is 19.3 Å². The van der Waals surface area contributed by atoms with Crippen LogP contribution in [0.1, 0.15) is 18.4 Å². The Morgan fingerprint density at radius 1 is 1.20 bits per heavy atom. The molecule has 5 heteroatoms. The minimum Gasteiger partial charge on any atom is -0.497 e. The molecular formula is C20H23FN2O2. The number of nitrogens with zero attached hydrogens (tertiary/aromatic N) is 1. The number of likely N-dealkylation sites (tertiary alicyclic amines) is 1. The highest BCUT2D eigenvalue weighted by Gasteiger charge is 2.23. The average Bonchev–Trinajstić information content (AvgIpc) is 2.63. The number of urea groups is 1. The summed E-state index contributed by atoms with van der Waals surface area (Å²) >= 11 is 0. The van der Waals surface area contributed by atoms with Gasteiger partial charge in [0.2, 0.25) is 0 Å². The highest BCUT2D eigenvalue weighted by molar-refractivity contribution is 5.89. The first-order valence-electron chi connectivity index (χ1n) is 8.58. The van der Waals surface area contributed by atoms with E-state index in [1.807, 2.05) is 12.1 Å². The molecule has 0 bridgehead atoms. The molecule has 132 valence electrons. The maximum atomic E-state index is 13.2. The number of hydrogen-bond acceptors (Lipinski definition) is 2. The highest BCUT2D eigenvalue weighted by Crippen LogP contribution is 2.23. The van der Waals surface area contributed by atoms with E-state index in [2.05, 4.69) is 17.4 Å². The molecule has 0 aromatic heterocycles. The lowest BCUT2D eigenvalue weighted by Crippen LogP contribution is -2.41. The summed E-state index contributed by atoms with van der Waals surface area (Å²) in [6, 6.07) is 14.0. The van der Waals surface area contributed by atoms with Crippen molar-refractivity contribution in [2.75, 3.05) is 25.5 Å². The SMILES string of the molecule is COc1ccc(CC2CCN(C(=O)Nc3cccc(F)c3)CC2)cc1.